The van der Waals surface area contributed by atoms with Crippen LogP contribution in [0.2, 0.25) is 0 Å². The molecule has 0 aromatic heterocycles. The summed E-state index contributed by atoms with van der Waals surface area (Å²) in [4.78, 5) is 0. The lowest BCUT2D eigenvalue weighted by Crippen LogP contribution is -2.27. The van der Waals surface area contributed by atoms with E-state index in [1.165, 1.54) is 51.4 Å². The SMILES string of the molecule is CC1CC(CC2=CCCCC2)CC(C)(C)C1. The molecule has 2 unspecified atom stereocenters. The summed E-state index contributed by atoms with van der Waals surface area (Å²) in [6.45, 7) is 7.37. The summed E-state index contributed by atoms with van der Waals surface area (Å²) in [6, 6.07) is 0. The van der Waals surface area contributed by atoms with Gasteiger partial charge >= 0.3 is 0 Å². The van der Waals surface area contributed by atoms with E-state index in [9.17, 15) is 0 Å². The molecule has 0 nitrogen and oxygen atoms in total. The molecule has 0 aromatic rings. The summed E-state index contributed by atoms with van der Waals surface area (Å²) in [7, 11) is 0. The van der Waals surface area contributed by atoms with Crippen LogP contribution in [0.25, 0.3) is 0 Å². The van der Waals surface area contributed by atoms with Crippen molar-refractivity contribution < 1.29 is 0 Å². The third kappa shape index (κ3) is 3.37. The van der Waals surface area contributed by atoms with Crippen LogP contribution in [0.3, 0.4) is 0 Å². The van der Waals surface area contributed by atoms with Gasteiger partial charge in [-0.3, -0.25) is 0 Å². The van der Waals surface area contributed by atoms with E-state index in [2.05, 4.69) is 26.8 Å². The molecule has 0 aromatic carbocycles. The predicted molar refractivity (Wildman–Crippen MR) is 71.5 cm³/mol. The second-order valence-corrected chi connectivity index (χ2v) is 7.09. The van der Waals surface area contributed by atoms with Gasteiger partial charge in [0.05, 0.1) is 0 Å². The number of rotatable bonds is 2. The minimum atomic E-state index is 0.595. The van der Waals surface area contributed by atoms with Gasteiger partial charge < -0.3 is 0 Å². The molecule has 2 atom stereocenters. The lowest BCUT2D eigenvalue weighted by atomic mass is 9.66. The largest absolute Gasteiger partial charge is 0.0853 e. The first kappa shape index (κ1) is 12.2. The molecular weight excluding hydrogens is 192 g/mol. The van der Waals surface area contributed by atoms with Crippen molar-refractivity contribution in [3.63, 3.8) is 0 Å². The molecule has 0 aliphatic heterocycles. The Morgan fingerprint density at radius 2 is 2.06 bits per heavy atom. The molecule has 2 rings (SSSR count). The first-order valence-corrected chi connectivity index (χ1v) is 7.23. The van der Waals surface area contributed by atoms with Crippen molar-refractivity contribution in [2.45, 2.75) is 72.1 Å². The summed E-state index contributed by atoms with van der Waals surface area (Å²) >= 11 is 0. The van der Waals surface area contributed by atoms with Crippen molar-refractivity contribution in [2.24, 2.45) is 17.3 Å². The second kappa shape index (κ2) is 4.94. The average Bonchev–Trinajstić information content (AvgIpc) is 2.15. The third-order valence-corrected chi connectivity index (χ3v) is 4.41. The molecule has 2 aliphatic rings. The van der Waals surface area contributed by atoms with Gasteiger partial charge in [0.1, 0.15) is 0 Å². The maximum atomic E-state index is 2.54. The topological polar surface area (TPSA) is 0 Å². The van der Waals surface area contributed by atoms with Gasteiger partial charge in [0, 0.05) is 0 Å². The molecule has 0 heterocycles. The van der Waals surface area contributed by atoms with Crippen LogP contribution in [0, 0.1) is 17.3 Å². The number of allylic oxidation sites excluding steroid dienone is 2. The lowest BCUT2D eigenvalue weighted by molar-refractivity contribution is 0.132. The molecule has 16 heavy (non-hydrogen) atoms. The van der Waals surface area contributed by atoms with E-state index in [0.717, 1.165) is 11.8 Å². The Labute approximate surface area is 102 Å². The minimum Gasteiger partial charge on any atom is -0.0853 e. The van der Waals surface area contributed by atoms with Crippen molar-refractivity contribution in [2.75, 3.05) is 0 Å². The van der Waals surface area contributed by atoms with Gasteiger partial charge in [-0.05, 0) is 68.6 Å². The van der Waals surface area contributed by atoms with Crippen molar-refractivity contribution >= 4 is 0 Å². The molecule has 0 spiro atoms. The first-order chi connectivity index (χ1) is 7.55. The van der Waals surface area contributed by atoms with Crippen molar-refractivity contribution in [1.29, 1.82) is 0 Å². The summed E-state index contributed by atoms with van der Waals surface area (Å²) in [5.74, 6) is 1.92. The zero-order valence-corrected chi connectivity index (χ0v) is 11.4. The summed E-state index contributed by atoms with van der Waals surface area (Å²) in [5.41, 5.74) is 2.37. The quantitative estimate of drug-likeness (QED) is 0.551. The number of hydrogen-bond donors (Lipinski definition) is 0. The van der Waals surface area contributed by atoms with E-state index in [-0.39, 0.29) is 0 Å². The highest BCUT2D eigenvalue weighted by molar-refractivity contribution is 5.06. The second-order valence-electron chi connectivity index (χ2n) is 7.09. The van der Waals surface area contributed by atoms with E-state index >= 15 is 0 Å². The molecule has 0 radical (unpaired) electrons. The average molecular weight is 220 g/mol. The molecule has 0 saturated heterocycles. The standard InChI is InChI=1S/C16H28/c1-13-9-15(12-16(2,3)11-13)10-14-7-5-4-6-8-14/h7,13,15H,4-6,8-12H2,1-3H3. The minimum absolute atomic E-state index is 0.595. The normalized spacial score (nSPS) is 34.6. The van der Waals surface area contributed by atoms with Crippen molar-refractivity contribution in [3.8, 4) is 0 Å². The number of hydrogen-bond acceptors (Lipinski definition) is 0. The van der Waals surface area contributed by atoms with E-state index in [1.807, 2.05) is 0 Å². The van der Waals surface area contributed by atoms with E-state index in [4.69, 9.17) is 0 Å². The van der Waals surface area contributed by atoms with Crippen LogP contribution in [0.4, 0.5) is 0 Å². The van der Waals surface area contributed by atoms with Crippen LogP contribution in [-0.4, -0.2) is 0 Å². The van der Waals surface area contributed by atoms with Gasteiger partial charge in [0.25, 0.3) is 0 Å². The Bertz CT molecular complexity index is 259. The molecule has 0 bridgehead atoms. The van der Waals surface area contributed by atoms with Crippen molar-refractivity contribution in [1.82, 2.24) is 0 Å². The molecule has 0 amide bonds. The monoisotopic (exact) mass is 220 g/mol. The molecule has 92 valence electrons. The Kier molecular flexibility index (Phi) is 3.77. The Morgan fingerprint density at radius 3 is 2.69 bits per heavy atom. The predicted octanol–water partition coefficient (Wildman–Crippen LogP) is 5.34. The molecule has 0 N–H and O–H groups in total. The van der Waals surface area contributed by atoms with Crippen LogP contribution >= 0.6 is 0 Å². The lowest BCUT2D eigenvalue weighted by Gasteiger charge is -2.39. The highest BCUT2D eigenvalue weighted by Gasteiger charge is 2.32. The van der Waals surface area contributed by atoms with Crippen molar-refractivity contribution in [3.05, 3.63) is 11.6 Å². The molecular formula is C16H28. The summed E-state index contributed by atoms with van der Waals surface area (Å²) in [6.07, 6.45) is 13.9. The van der Waals surface area contributed by atoms with Gasteiger partial charge in [-0.2, -0.15) is 0 Å². The smallest absolute Gasteiger partial charge is 0.0292 e. The fourth-order valence-electron chi connectivity index (χ4n) is 4.16. The molecule has 2 aliphatic carbocycles. The summed E-state index contributed by atoms with van der Waals surface area (Å²) in [5, 5.41) is 0. The first-order valence-electron chi connectivity index (χ1n) is 7.23. The van der Waals surface area contributed by atoms with E-state index in [1.54, 1.807) is 5.57 Å². The van der Waals surface area contributed by atoms with Gasteiger partial charge in [-0.1, -0.05) is 32.4 Å². The fourth-order valence-corrected chi connectivity index (χ4v) is 4.16. The Hall–Kier alpha value is -0.260. The van der Waals surface area contributed by atoms with E-state index in [0.29, 0.717) is 5.41 Å². The van der Waals surface area contributed by atoms with E-state index < -0.39 is 0 Å². The fraction of sp³-hybridized carbons (Fsp3) is 0.875. The van der Waals surface area contributed by atoms with Gasteiger partial charge in [-0.25, -0.2) is 0 Å². The van der Waals surface area contributed by atoms with Crippen LogP contribution in [0.15, 0.2) is 11.6 Å². The maximum absolute atomic E-state index is 2.54. The summed E-state index contributed by atoms with van der Waals surface area (Å²) < 4.78 is 0. The van der Waals surface area contributed by atoms with Crippen LogP contribution in [-0.2, 0) is 0 Å². The zero-order chi connectivity index (χ0) is 11.6. The van der Waals surface area contributed by atoms with Gasteiger partial charge in [0.15, 0.2) is 0 Å². The Balaban J connectivity index is 1.91. The van der Waals surface area contributed by atoms with Gasteiger partial charge in [-0.15, -0.1) is 0 Å². The van der Waals surface area contributed by atoms with Gasteiger partial charge in [0.2, 0.25) is 0 Å². The molecule has 1 saturated carbocycles. The van der Waals surface area contributed by atoms with Crippen LogP contribution in [0.1, 0.15) is 72.1 Å². The Morgan fingerprint density at radius 1 is 1.25 bits per heavy atom. The molecule has 0 heteroatoms. The van der Waals surface area contributed by atoms with Crippen LogP contribution < -0.4 is 0 Å². The molecule has 1 fully saturated rings. The highest BCUT2D eigenvalue weighted by Crippen LogP contribution is 2.44. The zero-order valence-electron chi connectivity index (χ0n) is 11.4. The maximum Gasteiger partial charge on any atom is -0.0292 e. The highest BCUT2D eigenvalue weighted by atomic mass is 14.4. The third-order valence-electron chi connectivity index (χ3n) is 4.41. The van der Waals surface area contributed by atoms with Crippen LogP contribution in [0.5, 0.6) is 0 Å².